The first kappa shape index (κ1) is 33.5. The van der Waals surface area contributed by atoms with Crippen LogP contribution < -0.4 is 9.80 Å². The van der Waals surface area contributed by atoms with E-state index in [1.54, 1.807) is 0 Å². The lowest BCUT2D eigenvalue weighted by atomic mass is 9.79. The molecule has 0 saturated heterocycles. The summed E-state index contributed by atoms with van der Waals surface area (Å²) < 4.78 is 0. The van der Waals surface area contributed by atoms with Gasteiger partial charge in [0.2, 0.25) is 0 Å². The maximum atomic E-state index is 6.77. The molecule has 260 valence electrons. The lowest BCUT2D eigenvalue weighted by Gasteiger charge is -2.31. The van der Waals surface area contributed by atoms with Crippen molar-refractivity contribution >= 4 is 45.7 Å². The Morgan fingerprint density at radius 2 is 0.852 bits per heavy atom. The van der Waals surface area contributed by atoms with E-state index >= 15 is 0 Å². The van der Waals surface area contributed by atoms with E-state index in [1.165, 1.54) is 33.4 Å². The summed E-state index contributed by atoms with van der Waals surface area (Å²) in [6.45, 7) is 4.71. The van der Waals surface area contributed by atoms with E-state index in [-0.39, 0.29) is 5.41 Å². The molecule has 0 atom stereocenters. The highest BCUT2D eigenvalue weighted by Crippen LogP contribution is 2.54. The second-order valence-corrected chi connectivity index (χ2v) is 14.8. The third-order valence-corrected chi connectivity index (χ3v) is 10.9. The lowest BCUT2D eigenvalue weighted by molar-refractivity contribution is 0.662. The highest BCUT2D eigenvalue weighted by Gasteiger charge is 2.38. The first-order valence-electron chi connectivity index (χ1n) is 18.5. The second kappa shape index (κ2) is 13.9. The van der Waals surface area contributed by atoms with Crippen molar-refractivity contribution in [1.29, 1.82) is 0 Å². The standard InChI is InChI=1S/C51H39ClN2/c1-51(2)49-30-29-43(35-48(49)47-28-16-27-46(50(47)51)37-19-9-4-10-20-37)54(42-26-15-21-39(52)33-42)45-32-38(36-17-7-3-8-18-36)31-44(34-45)53(40-22-11-5-12-23-40)41-24-13-6-14-25-41/h3-35H,1-2H3. The normalized spacial score (nSPS) is 12.5. The molecule has 1 aliphatic rings. The first-order chi connectivity index (χ1) is 26.5. The van der Waals surface area contributed by atoms with Gasteiger partial charge in [-0.3, -0.25) is 0 Å². The SMILES string of the molecule is CC1(C)c2ccc(N(c3cccc(Cl)c3)c3cc(-c4ccccc4)cc(N(c4ccccc4)c4ccccc4)c3)cc2-c2cccc(-c3ccccc3)c21. The van der Waals surface area contributed by atoms with Crippen molar-refractivity contribution in [2.75, 3.05) is 9.80 Å². The number of hydrogen-bond donors (Lipinski definition) is 0. The highest BCUT2D eigenvalue weighted by molar-refractivity contribution is 6.30. The summed E-state index contributed by atoms with van der Waals surface area (Å²) >= 11 is 6.77. The Balaban J connectivity index is 1.28. The molecule has 9 rings (SSSR count). The predicted molar refractivity (Wildman–Crippen MR) is 229 cm³/mol. The molecule has 0 aromatic heterocycles. The average molecular weight is 715 g/mol. The number of halogens is 1. The van der Waals surface area contributed by atoms with Crippen molar-refractivity contribution in [2.45, 2.75) is 19.3 Å². The number of fused-ring (bicyclic) bond motifs is 3. The topological polar surface area (TPSA) is 6.48 Å². The number of hydrogen-bond acceptors (Lipinski definition) is 2. The van der Waals surface area contributed by atoms with Crippen molar-refractivity contribution in [3.63, 3.8) is 0 Å². The van der Waals surface area contributed by atoms with Crippen molar-refractivity contribution in [3.05, 3.63) is 216 Å². The van der Waals surface area contributed by atoms with Crippen LogP contribution in [0.25, 0.3) is 33.4 Å². The molecule has 0 heterocycles. The summed E-state index contributed by atoms with van der Waals surface area (Å²) in [5.41, 5.74) is 16.1. The predicted octanol–water partition coefficient (Wildman–Crippen LogP) is 14.9. The van der Waals surface area contributed by atoms with Crippen LogP contribution in [-0.2, 0) is 5.41 Å². The minimum atomic E-state index is -0.178. The molecule has 1 aliphatic carbocycles. The Hall–Kier alpha value is -6.35. The zero-order chi connectivity index (χ0) is 36.6. The first-order valence-corrected chi connectivity index (χ1v) is 18.8. The molecule has 0 unspecified atom stereocenters. The fraction of sp³-hybridized carbons (Fsp3) is 0.0588. The molecule has 0 aliphatic heterocycles. The van der Waals surface area contributed by atoms with E-state index in [0.29, 0.717) is 5.02 Å². The van der Waals surface area contributed by atoms with Crippen LogP contribution in [0.1, 0.15) is 25.0 Å². The number of rotatable bonds is 8. The zero-order valence-corrected chi connectivity index (χ0v) is 31.1. The van der Waals surface area contributed by atoms with Gasteiger partial charge in [0.15, 0.2) is 0 Å². The van der Waals surface area contributed by atoms with Crippen LogP contribution in [0, 0.1) is 0 Å². The van der Waals surface area contributed by atoms with Gasteiger partial charge in [-0.15, -0.1) is 0 Å². The van der Waals surface area contributed by atoms with Crippen LogP contribution >= 0.6 is 11.6 Å². The average Bonchev–Trinajstić information content (AvgIpc) is 3.45. The minimum absolute atomic E-state index is 0.178. The summed E-state index contributed by atoms with van der Waals surface area (Å²) in [6, 6.07) is 71.4. The second-order valence-electron chi connectivity index (χ2n) is 14.4. The smallest absolute Gasteiger partial charge is 0.0488 e. The third kappa shape index (κ3) is 6.05. The molecule has 0 N–H and O–H groups in total. The van der Waals surface area contributed by atoms with Crippen LogP contribution in [0.3, 0.4) is 0 Å². The number of anilines is 6. The molecular weight excluding hydrogens is 676 g/mol. The third-order valence-electron chi connectivity index (χ3n) is 10.6. The Kier molecular flexibility index (Phi) is 8.61. The quantitative estimate of drug-likeness (QED) is 0.155. The Labute approximate surface area is 323 Å². The summed E-state index contributed by atoms with van der Waals surface area (Å²) in [5.74, 6) is 0. The van der Waals surface area contributed by atoms with Crippen molar-refractivity contribution in [3.8, 4) is 33.4 Å². The molecule has 8 aromatic rings. The largest absolute Gasteiger partial charge is 0.310 e. The van der Waals surface area contributed by atoms with Crippen LogP contribution in [-0.4, -0.2) is 0 Å². The molecular formula is C51H39ClN2. The fourth-order valence-corrected chi connectivity index (χ4v) is 8.38. The molecule has 2 nitrogen and oxygen atoms in total. The molecule has 0 radical (unpaired) electrons. The lowest BCUT2D eigenvalue weighted by Crippen LogP contribution is -2.17. The van der Waals surface area contributed by atoms with Crippen LogP contribution in [0.4, 0.5) is 34.1 Å². The minimum Gasteiger partial charge on any atom is -0.310 e. The van der Waals surface area contributed by atoms with Gasteiger partial charge in [-0.25, -0.2) is 0 Å². The van der Waals surface area contributed by atoms with E-state index in [9.17, 15) is 0 Å². The Bertz CT molecular complexity index is 2540. The molecule has 0 amide bonds. The van der Waals surface area contributed by atoms with Crippen molar-refractivity contribution in [1.82, 2.24) is 0 Å². The van der Waals surface area contributed by atoms with Gasteiger partial charge < -0.3 is 9.80 Å². The molecule has 8 aromatic carbocycles. The molecule has 0 saturated carbocycles. The summed E-state index contributed by atoms with van der Waals surface area (Å²) in [4.78, 5) is 4.68. The Morgan fingerprint density at radius 3 is 1.46 bits per heavy atom. The molecule has 54 heavy (non-hydrogen) atoms. The maximum Gasteiger partial charge on any atom is 0.0488 e. The maximum absolute atomic E-state index is 6.77. The van der Waals surface area contributed by atoms with E-state index in [2.05, 4.69) is 212 Å². The zero-order valence-electron chi connectivity index (χ0n) is 30.3. The summed E-state index contributed by atoms with van der Waals surface area (Å²) in [7, 11) is 0. The summed E-state index contributed by atoms with van der Waals surface area (Å²) in [6.07, 6.45) is 0. The molecule has 0 fully saturated rings. The van der Waals surface area contributed by atoms with Crippen LogP contribution in [0.2, 0.25) is 5.02 Å². The number of nitrogens with zero attached hydrogens (tertiary/aromatic N) is 2. The van der Waals surface area contributed by atoms with E-state index in [4.69, 9.17) is 11.6 Å². The molecule has 0 bridgehead atoms. The van der Waals surface area contributed by atoms with Crippen LogP contribution in [0.5, 0.6) is 0 Å². The monoisotopic (exact) mass is 714 g/mol. The van der Waals surface area contributed by atoms with E-state index in [0.717, 1.165) is 45.3 Å². The van der Waals surface area contributed by atoms with Gasteiger partial charge in [-0.2, -0.15) is 0 Å². The van der Waals surface area contributed by atoms with Crippen molar-refractivity contribution in [2.24, 2.45) is 0 Å². The van der Waals surface area contributed by atoms with Gasteiger partial charge in [0.05, 0.1) is 0 Å². The van der Waals surface area contributed by atoms with E-state index in [1.807, 2.05) is 12.1 Å². The van der Waals surface area contributed by atoms with Crippen LogP contribution in [0.15, 0.2) is 200 Å². The van der Waals surface area contributed by atoms with Gasteiger partial charge in [0.1, 0.15) is 0 Å². The molecule has 0 spiro atoms. The van der Waals surface area contributed by atoms with Crippen molar-refractivity contribution < 1.29 is 0 Å². The summed E-state index contributed by atoms with van der Waals surface area (Å²) in [5, 5.41) is 0.687. The number of para-hydroxylation sites is 2. The molecule has 3 heteroatoms. The highest BCUT2D eigenvalue weighted by atomic mass is 35.5. The fourth-order valence-electron chi connectivity index (χ4n) is 8.20. The van der Waals surface area contributed by atoms with Gasteiger partial charge >= 0.3 is 0 Å². The number of benzene rings is 8. The Morgan fingerprint density at radius 1 is 0.352 bits per heavy atom. The van der Waals surface area contributed by atoms with Gasteiger partial charge in [0, 0.05) is 44.6 Å². The van der Waals surface area contributed by atoms with Gasteiger partial charge in [0.25, 0.3) is 0 Å². The van der Waals surface area contributed by atoms with E-state index < -0.39 is 0 Å². The van der Waals surface area contributed by atoms with Gasteiger partial charge in [-0.05, 0) is 117 Å². The van der Waals surface area contributed by atoms with Gasteiger partial charge in [-0.1, -0.05) is 153 Å².